The van der Waals surface area contributed by atoms with Crippen molar-refractivity contribution < 1.29 is 9.21 Å². The molecule has 7 nitrogen and oxygen atoms in total. The van der Waals surface area contributed by atoms with Crippen LogP contribution >= 0.6 is 0 Å². The summed E-state index contributed by atoms with van der Waals surface area (Å²) >= 11 is 0. The molecule has 1 saturated heterocycles. The minimum atomic E-state index is -0.193. The Labute approximate surface area is 159 Å². The number of rotatable bonds is 6. The third-order valence-corrected chi connectivity index (χ3v) is 5.32. The third-order valence-electron chi connectivity index (χ3n) is 5.32. The number of carbonyl (C=O) groups excluding carboxylic acids is 1. The van der Waals surface area contributed by atoms with E-state index in [4.69, 9.17) is 4.42 Å². The van der Waals surface area contributed by atoms with E-state index in [9.17, 15) is 9.59 Å². The lowest BCUT2D eigenvalue weighted by Crippen LogP contribution is -2.42. The summed E-state index contributed by atoms with van der Waals surface area (Å²) in [4.78, 5) is 33.7. The Morgan fingerprint density at radius 3 is 2.81 bits per heavy atom. The van der Waals surface area contributed by atoms with E-state index in [2.05, 4.69) is 27.1 Å². The fraction of sp³-hybridized carbons (Fsp3) is 0.550. The van der Waals surface area contributed by atoms with Crippen LogP contribution in [0, 0.1) is 19.8 Å². The molecule has 2 N–H and O–H groups in total. The molecule has 1 amide bonds. The minimum absolute atomic E-state index is 0.0198. The van der Waals surface area contributed by atoms with Crippen molar-refractivity contribution in [3.63, 3.8) is 0 Å². The standard InChI is InChI=1S/C20H28N4O3/c1-13-6-8-24(9-7-13)17(18-5-4-10-27-18)12-21-19(25)11-16-14(2)20(26)23-15(3)22-16/h4-5,10,13,17H,6-9,11-12H2,1-3H3,(H,21,25)(H,22,23,26). The van der Waals surface area contributed by atoms with Gasteiger partial charge in [-0.05, 0) is 57.8 Å². The number of aromatic nitrogens is 2. The van der Waals surface area contributed by atoms with Crippen LogP contribution in [0.4, 0.5) is 0 Å². The predicted octanol–water partition coefficient (Wildman–Crippen LogP) is 2.11. The highest BCUT2D eigenvalue weighted by atomic mass is 16.3. The van der Waals surface area contributed by atoms with Gasteiger partial charge in [-0.25, -0.2) is 4.98 Å². The highest BCUT2D eigenvalue weighted by Gasteiger charge is 2.27. The smallest absolute Gasteiger partial charge is 0.254 e. The van der Waals surface area contributed by atoms with Gasteiger partial charge < -0.3 is 14.7 Å². The topological polar surface area (TPSA) is 91.2 Å². The number of aryl methyl sites for hydroxylation is 1. The summed E-state index contributed by atoms with van der Waals surface area (Å²) in [7, 11) is 0. The average molecular weight is 372 g/mol. The van der Waals surface area contributed by atoms with E-state index in [-0.39, 0.29) is 23.9 Å². The van der Waals surface area contributed by atoms with Gasteiger partial charge in [-0.1, -0.05) is 6.92 Å². The van der Waals surface area contributed by atoms with Crippen LogP contribution in [-0.2, 0) is 11.2 Å². The Kier molecular flexibility index (Phi) is 6.11. The van der Waals surface area contributed by atoms with Crippen molar-refractivity contribution in [1.82, 2.24) is 20.2 Å². The first-order valence-corrected chi connectivity index (χ1v) is 9.54. The largest absolute Gasteiger partial charge is 0.468 e. The predicted molar refractivity (Wildman–Crippen MR) is 102 cm³/mol. The van der Waals surface area contributed by atoms with Crippen LogP contribution in [-0.4, -0.2) is 40.4 Å². The summed E-state index contributed by atoms with van der Waals surface area (Å²) in [5.74, 6) is 1.98. The van der Waals surface area contributed by atoms with Crippen LogP contribution in [0.1, 0.15) is 48.6 Å². The molecule has 7 heteroatoms. The van der Waals surface area contributed by atoms with Crippen molar-refractivity contribution >= 4 is 5.91 Å². The van der Waals surface area contributed by atoms with Crippen molar-refractivity contribution in [1.29, 1.82) is 0 Å². The van der Waals surface area contributed by atoms with Crippen LogP contribution < -0.4 is 10.9 Å². The second-order valence-electron chi connectivity index (χ2n) is 7.45. The van der Waals surface area contributed by atoms with E-state index in [1.807, 2.05) is 12.1 Å². The van der Waals surface area contributed by atoms with Crippen LogP contribution in [0.5, 0.6) is 0 Å². The van der Waals surface area contributed by atoms with Gasteiger partial charge in [-0.2, -0.15) is 0 Å². The van der Waals surface area contributed by atoms with Gasteiger partial charge in [0.1, 0.15) is 11.6 Å². The molecule has 0 spiro atoms. The molecule has 0 aromatic carbocycles. The number of furan rings is 1. The van der Waals surface area contributed by atoms with Gasteiger partial charge in [0, 0.05) is 12.1 Å². The highest BCUT2D eigenvalue weighted by molar-refractivity contribution is 5.78. The number of nitrogens with one attached hydrogen (secondary N) is 2. The number of hydrogen-bond donors (Lipinski definition) is 2. The SMILES string of the molecule is Cc1nc(CC(=O)NCC(c2ccco2)N2CCC(C)CC2)c(C)c(=O)[nH]1. The summed E-state index contributed by atoms with van der Waals surface area (Å²) in [6.45, 7) is 8.15. The van der Waals surface area contributed by atoms with Gasteiger partial charge in [0.05, 0.1) is 24.4 Å². The summed E-state index contributed by atoms with van der Waals surface area (Å²) in [6, 6.07) is 3.86. The monoisotopic (exact) mass is 372 g/mol. The van der Waals surface area contributed by atoms with E-state index in [1.165, 1.54) is 0 Å². The molecule has 3 rings (SSSR count). The highest BCUT2D eigenvalue weighted by Crippen LogP contribution is 2.26. The normalized spacial score (nSPS) is 17.0. The van der Waals surface area contributed by atoms with Crippen LogP contribution in [0.15, 0.2) is 27.6 Å². The lowest BCUT2D eigenvalue weighted by molar-refractivity contribution is -0.120. The Bertz CT molecular complexity index is 820. The molecule has 0 saturated carbocycles. The lowest BCUT2D eigenvalue weighted by Gasteiger charge is -2.35. The molecule has 0 bridgehead atoms. The molecule has 1 aliphatic rings. The molecule has 0 radical (unpaired) electrons. The average Bonchev–Trinajstić information content (AvgIpc) is 3.15. The third kappa shape index (κ3) is 4.86. The van der Waals surface area contributed by atoms with Crippen molar-refractivity contribution in [3.8, 4) is 0 Å². The number of amides is 1. The molecule has 2 aromatic rings. The van der Waals surface area contributed by atoms with E-state index < -0.39 is 0 Å². The molecular weight excluding hydrogens is 344 g/mol. The Hall–Kier alpha value is -2.41. The molecule has 1 atom stereocenters. The fourth-order valence-electron chi connectivity index (χ4n) is 3.53. The van der Waals surface area contributed by atoms with Gasteiger partial charge in [0.15, 0.2) is 0 Å². The Balaban J connectivity index is 1.65. The summed E-state index contributed by atoms with van der Waals surface area (Å²) in [5, 5.41) is 3.00. The Morgan fingerprint density at radius 2 is 2.15 bits per heavy atom. The second-order valence-corrected chi connectivity index (χ2v) is 7.45. The quantitative estimate of drug-likeness (QED) is 0.810. The van der Waals surface area contributed by atoms with E-state index in [0.717, 1.165) is 37.6 Å². The second kappa shape index (κ2) is 8.52. The van der Waals surface area contributed by atoms with Crippen molar-refractivity contribution in [3.05, 3.63) is 51.6 Å². The van der Waals surface area contributed by atoms with Crippen molar-refractivity contribution in [2.75, 3.05) is 19.6 Å². The number of H-pyrrole nitrogens is 1. The molecule has 146 valence electrons. The summed E-state index contributed by atoms with van der Waals surface area (Å²) in [5.41, 5.74) is 0.819. The van der Waals surface area contributed by atoms with E-state index in [0.29, 0.717) is 23.6 Å². The van der Waals surface area contributed by atoms with Gasteiger partial charge in [0.25, 0.3) is 5.56 Å². The van der Waals surface area contributed by atoms with Crippen LogP contribution in [0.25, 0.3) is 0 Å². The first kappa shape index (κ1) is 19.4. The van der Waals surface area contributed by atoms with Crippen LogP contribution in [0.2, 0.25) is 0 Å². The van der Waals surface area contributed by atoms with Crippen molar-refractivity contribution in [2.45, 2.75) is 46.1 Å². The lowest BCUT2D eigenvalue weighted by atomic mass is 9.97. The number of nitrogens with zero attached hydrogens (tertiary/aromatic N) is 2. The Morgan fingerprint density at radius 1 is 1.41 bits per heavy atom. The van der Waals surface area contributed by atoms with Gasteiger partial charge >= 0.3 is 0 Å². The maximum atomic E-state index is 12.5. The number of carbonyl (C=O) groups is 1. The molecular formula is C20H28N4O3. The maximum Gasteiger partial charge on any atom is 0.254 e. The maximum absolute atomic E-state index is 12.5. The zero-order chi connectivity index (χ0) is 19.4. The van der Waals surface area contributed by atoms with E-state index in [1.54, 1.807) is 20.1 Å². The zero-order valence-corrected chi connectivity index (χ0v) is 16.2. The van der Waals surface area contributed by atoms with Gasteiger partial charge in [-0.15, -0.1) is 0 Å². The molecule has 0 aliphatic carbocycles. The van der Waals surface area contributed by atoms with E-state index >= 15 is 0 Å². The molecule has 27 heavy (non-hydrogen) atoms. The zero-order valence-electron chi connectivity index (χ0n) is 16.2. The number of hydrogen-bond acceptors (Lipinski definition) is 5. The number of piperidine rings is 1. The minimum Gasteiger partial charge on any atom is -0.468 e. The first-order valence-electron chi connectivity index (χ1n) is 9.54. The molecule has 1 aliphatic heterocycles. The fourth-order valence-corrected chi connectivity index (χ4v) is 3.53. The molecule has 2 aromatic heterocycles. The molecule has 3 heterocycles. The van der Waals surface area contributed by atoms with Gasteiger partial charge in [-0.3, -0.25) is 14.5 Å². The molecule has 1 fully saturated rings. The number of aromatic amines is 1. The van der Waals surface area contributed by atoms with Gasteiger partial charge in [0.2, 0.25) is 5.91 Å². The molecule has 1 unspecified atom stereocenters. The summed E-state index contributed by atoms with van der Waals surface area (Å²) in [6.07, 6.45) is 4.07. The first-order chi connectivity index (χ1) is 12.9. The summed E-state index contributed by atoms with van der Waals surface area (Å²) < 4.78 is 5.63. The van der Waals surface area contributed by atoms with Crippen molar-refractivity contribution in [2.24, 2.45) is 5.92 Å². The van der Waals surface area contributed by atoms with Crippen LogP contribution in [0.3, 0.4) is 0 Å². The number of likely N-dealkylation sites (tertiary alicyclic amines) is 1.